The van der Waals surface area contributed by atoms with Crippen molar-refractivity contribution in [3.05, 3.63) is 36.0 Å². The van der Waals surface area contributed by atoms with Crippen LogP contribution in [-0.4, -0.2) is 55.2 Å². The predicted octanol–water partition coefficient (Wildman–Crippen LogP) is 1.33. The molecule has 0 bridgehead atoms. The molecule has 0 saturated carbocycles. The number of benzene rings is 1. The van der Waals surface area contributed by atoms with Gasteiger partial charge in [-0.2, -0.15) is 0 Å². The predicted molar refractivity (Wildman–Crippen MR) is 86.1 cm³/mol. The lowest BCUT2D eigenvalue weighted by Gasteiger charge is -2.25. The highest BCUT2D eigenvalue weighted by molar-refractivity contribution is 6.08. The van der Waals surface area contributed by atoms with Gasteiger partial charge in [0, 0.05) is 31.7 Å². The third-order valence-electron chi connectivity index (χ3n) is 3.40. The average Bonchev–Trinajstić information content (AvgIpc) is 2.50. The third kappa shape index (κ3) is 3.22. The summed E-state index contributed by atoms with van der Waals surface area (Å²) in [5.74, 6) is 0.0694. The van der Waals surface area contributed by atoms with E-state index in [1.54, 1.807) is 6.20 Å². The number of rotatable bonds is 5. The fourth-order valence-corrected chi connectivity index (χ4v) is 2.24. The number of amidine groups is 1. The number of pyridine rings is 1. The van der Waals surface area contributed by atoms with Gasteiger partial charge in [-0.15, -0.1) is 0 Å². The Labute approximate surface area is 124 Å². The Morgan fingerprint density at radius 2 is 1.95 bits per heavy atom. The van der Waals surface area contributed by atoms with E-state index in [1.165, 1.54) is 0 Å². The summed E-state index contributed by atoms with van der Waals surface area (Å²) in [5, 5.41) is 13.1. The van der Waals surface area contributed by atoms with Crippen LogP contribution in [-0.2, 0) is 0 Å². The molecule has 3 N–H and O–H groups in total. The zero-order valence-electron chi connectivity index (χ0n) is 12.6. The Balaban J connectivity index is 2.55. The maximum Gasteiger partial charge on any atom is 0.173 e. The highest BCUT2D eigenvalue weighted by Crippen LogP contribution is 2.28. The van der Waals surface area contributed by atoms with Gasteiger partial charge in [-0.1, -0.05) is 23.4 Å². The van der Waals surface area contributed by atoms with Gasteiger partial charge in [0.15, 0.2) is 5.84 Å². The summed E-state index contributed by atoms with van der Waals surface area (Å²) < 4.78 is 0. The van der Waals surface area contributed by atoms with Crippen molar-refractivity contribution < 1.29 is 5.21 Å². The van der Waals surface area contributed by atoms with Crippen LogP contribution in [0.2, 0.25) is 0 Å². The number of nitrogens with two attached hydrogens (primary N) is 1. The van der Waals surface area contributed by atoms with Crippen molar-refractivity contribution in [3.63, 3.8) is 0 Å². The molecule has 2 rings (SSSR count). The molecule has 0 aliphatic carbocycles. The van der Waals surface area contributed by atoms with E-state index in [-0.39, 0.29) is 5.84 Å². The number of anilines is 1. The van der Waals surface area contributed by atoms with Crippen molar-refractivity contribution in [2.75, 3.05) is 39.1 Å². The topological polar surface area (TPSA) is 78.0 Å². The molecule has 2 aromatic rings. The van der Waals surface area contributed by atoms with Crippen LogP contribution < -0.4 is 10.6 Å². The molecule has 0 amide bonds. The van der Waals surface area contributed by atoms with Gasteiger partial charge < -0.3 is 20.7 Å². The molecule has 1 heterocycles. The summed E-state index contributed by atoms with van der Waals surface area (Å²) in [4.78, 5) is 8.60. The first kappa shape index (κ1) is 15.1. The van der Waals surface area contributed by atoms with E-state index in [0.717, 1.165) is 29.7 Å². The zero-order valence-corrected chi connectivity index (χ0v) is 12.6. The van der Waals surface area contributed by atoms with Gasteiger partial charge in [-0.25, -0.2) is 0 Å². The van der Waals surface area contributed by atoms with Crippen molar-refractivity contribution in [1.29, 1.82) is 0 Å². The molecule has 6 nitrogen and oxygen atoms in total. The molecule has 21 heavy (non-hydrogen) atoms. The van der Waals surface area contributed by atoms with Crippen LogP contribution in [0.5, 0.6) is 0 Å². The van der Waals surface area contributed by atoms with Gasteiger partial charge >= 0.3 is 0 Å². The molecule has 0 spiro atoms. The first-order chi connectivity index (χ1) is 10.0. The minimum absolute atomic E-state index is 0.0694. The van der Waals surface area contributed by atoms with Gasteiger partial charge in [-0.05, 0) is 20.2 Å². The SMILES string of the molecule is CN(C)CCN(C)c1c(C(N)=NO)cnc2ccccc12. The number of aromatic nitrogens is 1. The summed E-state index contributed by atoms with van der Waals surface area (Å²) in [6.45, 7) is 1.73. The molecule has 0 aliphatic heterocycles. The van der Waals surface area contributed by atoms with Crippen LogP contribution in [0.3, 0.4) is 0 Å². The maximum atomic E-state index is 8.99. The third-order valence-corrected chi connectivity index (χ3v) is 3.40. The summed E-state index contributed by atoms with van der Waals surface area (Å²) in [6, 6.07) is 7.86. The van der Waals surface area contributed by atoms with Crippen LogP contribution in [0.25, 0.3) is 10.9 Å². The number of oxime groups is 1. The molecular formula is C15H21N5O. The summed E-state index contributed by atoms with van der Waals surface area (Å²) in [6.07, 6.45) is 1.65. The molecule has 0 aliphatic rings. The van der Waals surface area contributed by atoms with Crippen LogP contribution in [0.1, 0.15) is 5.56 Å². The first-order valence-electron chi connectivity index (χ1n) is 6.76. The molecule has 0 unspecified atom stereocenters. The highest BCUT2D eigenvalue weighted by atomic mass is 16.4. The minimum atomic E-state index is 0.0694. The van der Waals surface area contributed by atoms with Gasteiger partial charge in [-0.3, -0.25) is 4.98 Å². The highest BCUT2D eigenvalue weighted by Gasteiger charge is 2.15. The van der Waals surface area contributed by atoms with E-state index in [1.807, 2.05) is 45.4 Å². The van der Waals surface area contributed by atoms with Crippen LogP contribution in [0.4, 0.5) is 5.69 Å². The number of fused-ring (bicyclic) bond motifs is 1. The molecule has 1 aromatic carbocycles. The Hall–Kier alpha value is -2.34. The summed E-state index contributed by atoms with van der Waals surface area (Å²) >= 11 is 0. The number of para-hydroxylation sites is 1. The fourth-order valence-electron chi connectivity index (χ4n) is 2.24. The Kier molecular flexibility index (Phi) is 4.59. The number of hydrogen-bond acceptors (Lipinski definition) is 5. The smallest absolute Gasteiger partial charge is 0.173 e. The molecule has 0 fully saturated rings. The second-order valence-corrected chi connectivity index (χ2v) is 5.25. The monoisotopic (exact) mass is 287 g/mol. The molecule has 0 atom stereocenters. The Morgan fingerprint density at radius 3 is 2.62 bits per heavy atom. The van der Waals surface area contributed by atoms with Crippen LogP contribution in [0.15, 0.2) is 35.6 Å². The van der Waals surface area contributed by atoms with Gasteiger partial charge in [0.1, 0.15) is 0 Å². The lowest BCUT2D eigenvalue weighted by molar-refractivity contribution is 0.318. The molecular weight excluding hydrogens is 266 g/mol. The minimum Gasteiger partial charge on any atom is -0.409 e. The van der Waals surface area contributed by atoms with E-state index < -0.39 is 0 Å². The second-order valence-electron chi connectivity index (χ2n) is 5.25. The van der Waals surface area contributed by atoms with Gasteiger partial charge in [0.2, 0.25) is 0 Å². The Morgan fingerprint density at radius 1 is 1.24 bits per heavy atom. The maximum absolute atomic E-state index is 8.99. The molecule has 112 valence electrons. The van der Waals surface area contributed by atoms with E-state index >= 15 is 0 Å². The second kappa shape index (κ2) is 6.41. The molecule has 0 saturated heterocycles. The van der Waals surface area contributed by atoms with E-state index in [9.17, 15) is 0 Å². The lowest BCUT2D eigenvalue weighted by Crippen LogP contribution is -2.30. The number of likely N-dealkylation sites (N-methyl/N-ethyl adjacent to an activating group) is 2. The van der Waals surface area contributed by atoms with Crippen molar-refractivity contribution in [2.24, 2.45) is 10.9 Å². The van der Waals surface area contributed by atoms with E-state index in [4.69, 9.17) is 10.9 Å². The van der Waals surface area contributed by atoms with Crippen molar-refractivity contribution in [2.45, 2.75) is 0 Å². The van der Waals surface area contributed by atoms with Crippen LogP contribution in [0, 0.1) is 0 Å². The standard InChI is InChI=1S/C15H21N5O/c1-19(2)8-9-20(3)14-11-6-4-5-7-13(11)17-10-12(14)15(16)18-21/h4-7,10,21H,8-9H2,1-3H3,(H2,16,18). The lowest BCUT2D eigenvalue weighted by atomic mass is 10.1. The number of nitrogens with zero attached hydrogens (tertiary/aromatic N) is 4. The zero-order chi connectivity index (χ0) is 15.4. The Bertz CT molecular complexity index is 654. The quantitative estimate of drug-likeness (QED) is 0.375. The average molecular weight is 287 g/mol. The normalized spacial score (nSPS) is 12.1. The van der Waals surface area contributed by atoms with Crippen LogP contribution >= 0.6 is 0 Å². The molecule has 1 aromatic heterocycles. The summed E-state index contributed by atoms with van der Waals surface area (Å²) in [7, 11) is 6.06. The van der Waals surface area contributed by atoms with E-state index in [0.29, 0.717) is 5.56 Å². The molecule has 6 heteroatoms. The van der Waals surface area contributed by atoms with Gasteiger partial charge in [0.05, 0.1) is 16.8 Å². The summed E-state index contributed by atoms with van der Waals surface area (Å²) in [5.41, 5.74) is 8.26. The number of hydrogen-bond donors (Lipinski definition) is 2. The van der Waals surface area contributed by atoms with Crippen molar-refractivity contribution in [3.8, 4) is 0 Å². The largest absolute Gasteiger partial charge is 0.409 e. The van der Waals surface area contributed by atoms with Crippen molar-refractivity contribution in [1.82, 2.24) is 9.88 Å². The fraction of sp³-hybridized carbons (Fsp3) is 0.333. The van der Waals surface area contributed by atoms with Crippen molar-refractivity contribution >= 4 is 22.4 Å². The molecule has 0 radical (unpaired) electrons. The van der Waals surface area contributed by atoms with Gasteiger partial charge in [0.25, 0.3) is 0 Å². The first-order valence-corrected chi connectivity index (χ1v) is 6.76. The van der Waals surface area contributed by atoms with E-state index in [2.05, 4.69) is 19.9 Å².